The summed E-state index contributed by atoms with van der Waals surface area (Å²) >= 11 is 0. The molecule has 12 rings (SSSR count). The molecular weight excluding hydrogens is 719 g/mol. The number of nitrogens with one attached hydrogen (secondary N) is 1. The van der Waals surface area contributed by atoms with E-state index in [0.29, 0.717) is 11.7 Å². The first-order chi connectivity index (χ1) is 29.3. The Morgan fingerprint density at radius 2 is 0.983 bits per heavy atom. The highest BCUT2D eigenvalue weighted by atomic mass is 15.2. The number of hydrogen-bond acceptors (Lipinski definition) is 5. The van der Waals surface area contributed by atoms with Crippen molar-refractivity contribution in [2.75, 3.05) is 0 Å². The van der Waals surface area contributed by atoms with Gasteiger partial charge in [-0.05, 0) is 56.1 Å². The number of nitrogens with zero attached hydrogens (tertiary/aromatic N) is 4. The van der Waals surface area contributed by atoms with Gasteiger partial charge in [0.1, 0.15) is 12.0 Å². The van der Waals surface area contributed by atoms with Gasteiger partial charge in [-0.1, -0.05) is 194 Å². The van der Waals surface area contributed by atoms with Crippen molar-refractivity contribution in [3.63, 3.8) is 0 Å². The molecule has 2 aliphatic carbocycles. The van der Waals surface area contributed by atoms with Gasteiger partial charge in [0.25, 0.3) is 0 Å². The summed E-state index contributed by atoms with van der Waals surface area (Å²) in [5.41, 5.74) is 16.6. The smallest absolute Gasteiger partial charge is 0.161 e. The number of para-hydroxylation sites is 1. The Bertz CT molecular complexity index is 3140. The van der Waals surface area contributed by atoms with Crippen LogP contribution in [0.4, 0.5) is 0 Å². The molecule has 1 unspecified atom stereocenters. The third-order valence-corrected chi connectivity index (χ3v) is 12.2. The van der Waals surface area contributed by atoms with E-state index in [-0.39, 0.29) is 6.17 Å². The topological polar surface area (TPSA) is 62.5 Å². The predicted octanol–water partition coefficient (Wildman–Crippen LogP) is 11.8. The maximum Gasteiger partial charge on any atom is 0.161 e. The minimum atomic E-state index is -0.439. The van der Waals surface area contributed by atoms with Crippen LogP contribution >= 0.6 is 0 Å². The van der Waals surface area contributed by atoms with E-state index in [1.165, 1.54) is 44.5 Å². The minimum Gasteiger partial charge on any atom is -0.344 e. The van der Waals surface area contributed by atoms with Crippen LogP contribution in [0.1, 0.15) is 45.1 Å². The lowest BCUT2D eigenvalue weighted by molar-refractivity contribution is 0.674. The van der Waals surface area contributed by atoms with Crippen LogP contribution in [0.3, 0.4) is 0 Å². The van der Waals surface area contributed by atoms with Gasteiger partial charge in [-0.15, -0.1) is 0 Å². The molecule has 5 heteroatoms. The van der Waals surface area contributed by atoms with E-state index in [1.54, 1.807) is 0 Å². The molecular formula is C54H35N5. The Morgan fingerprint density at radius 1 is 0.424 bits per heavy atom. The zero-order chi connectivity index (χ0) is 38.9. The normalized spacial score (nSPS) is 15.4. The van der Waals surface area contributed by atoms with Crippen molar-refractivity contribution >= 4 is 22.6 Å². The third-order valence-electron chi connectivity index (χ3n) is 12.2. The molecule has 5 nitrogen and oxygen atoms in total. The van der Waals surface area contributed by atoms with Crippen molar-refractivity contribution < 1.29 is 0 Å². The SMILES string of the molecule is c1ccc(C2=NC(c3ccccc3)NC(c3ccc(-c4nc(-c5cccc6c5-c5ccccc5C65c6ccccc6-c6ccccc65)nc5ccccc45)cc3)=N2)cc1. The van der Waals surface area contributed by atoms with Crippen molar-refractivity contribution in [1.82, 2.24) is 15.3 Å². The summed E-state index contributed by atoms with van der Waals surface area (Å²) < 4.78 is 0. The number of amidine groups is 2. The van der Waals surface area contributed by atoms with Crippen molar-refractivity contribution in [1.29, 1.82) is 0 Å². The van der Waals surface area contributed by atoms with E-state index in [4.69, 9.17) is 20.0 Å². The Balaban J connectivity index is 0.996. The summed E-state index contributed by atoms with van der Waals surface area (Å²) in [5.74, 6) is 2.18. The van der Waals surface area contributed by atoms with Crippen LogP contribution in [-0.4, -0.2) is 21.6 Å². The van der Waals surface area contributed by atoms with Crippen LogP contribution < -0.4 is 5.32 Å². The van der Waals surface area contributed by atoms with Crippen LogP contribution in [0.25, 0.3) is 55.8 Å². The van der Waals surface area contributed by atoms with Crippen molar-refractivity contribution in [3.8, 4) is 44.9 Å². The minimum absolute atomic E-state index is 0.269. The molecule has 1 spiro atoms. The van der Waals surface area contributed by atoms with Gasteiger partial charge in [-0.25, -0.2) is 20.0 Å². The van der Waals surface area contributed by atoms with E-state index < -0.39 is 5.41 Å². The maximum atomic E-state index is 5.47. The zero-order valence-corrected chi connectivity index (χ0v) is 31.9. The average Bonchev–Trinajstić information content (AvgIpc) is 3.79. The molecule has 9 aromatic rings. The van der Waals surface area contributed by atoms with Gasteiger partial charge in [0.15, 0.2) is 11.7 Å². The number of aromatic nitrogens is 2. The highest BCUT2D eigenvalue weighted by Crippen LogP contribution is 2.63. The van der Waals surface area contributed by atoms with Gasteiger partial charge in [0.2, 0.25) is 0 Å². The second kappa shape index (κ2) is 13.2. The van der Waals surface area contributed by atoms with Crippen LogP contribution in [0.2, 0.25) is 0 Å². The molecule has 0 fully saturated rings. The number of aliphatic imine (C=N–C) groups is 2. The standard InChI is InChI=1S/C54H35N5/c1-3-16-35(17-4-1)50-57-51(36-18-5-2-6-19-36)59-52(58-50)37-32-30-34(31-33-37)49-41-23-10-14-29-47(41)55-53(56-49)42-24-15-28-46-48(42)40-22-9-13-27-45(40)54(46)43-25-11-7-20-38(43)39-21-8-12-26-44(39)54/h1-33,50H,(H,57,58,59). The molecule has 1 atom stereocenters. The van der Waals surface area contributed by atoms with E-state index in [9.17, 15) is 0 Å². The largest absolute Gasteiger partial charge is 0.344 e. The Morgan fingerprint density at radius 3 is 1.71 bits per heavy atom. The van der Waals surface area contributed by atoms with Crippen LogP contribution in [0.5, 0.6) is 0 Å². The summed E-state index contributed by atoms with van der Waals surface area (Å²) in [6, 6.07) is 70.8. The van der Waals surface area contributed by atoms with Gasteiger partial charge >= 0.3 is 0 Å². The summed E-state index contributed by atoms with van der Waals surface area (Å²) in [7, 11) is 0. The van der Waals surface area contributed by atoms with E-state index >= 15 is 0 Å². The molecule has 1 aliphatic heterocycles. The molecule has 2 heterocycles. The second-order valence-electron chi connectivity index (χ2n) is 15.3. The molecule has 0 saturated heterocycles. The summed E-state index contributed by atoms with van der Waals surface area (Å²) in [6.45, 7) is 0. The van der Waals surface area contributed by atoms with Gasteiger partial charge < -0.3 is 5.32 Å². The number of fused-ring (bicyclic) bond motifs is 11. The fraction of sp³-hybridized carbons (Fsp3) is 0.0370. The van der Waals surface area contributed by atoms with Crippen LogP contribution in [0, 0.1) is 0 Å². The van der Waals surface area contributed by atoms with Gasteiger partial charge in [-0.2, -0.15) is 0 Å². The highest BCUT2D eigenvalue weighted by Gasteiger charge is 2.52. The lowest BCUT2D eigenvalue weighted by atomic mass is 9.70. The first-order valence-corrected chi connectivity index (χ1v) is 20.1. The van der Waals surface area contributed by atoms with E-state index in [1.807, 2.05) is 36.4 Å². The fourth-order valence-corrected chi connectivity index (χ4v) is 9.65. The monoisotopic (exact) mass is 753 g/mol. The molecule has 59 heavy (non-hydrogen) atoms. The number of hydrogen-bond donors (Lipinski definition) is 1. The van der Waals surface area contributed by atoms with Crippen molar-refractivity contribution in [2.24, 2.45) is 9.98 Å². The van der Waals surface area contributed by atoms with E-state index in [2.05, 4.69) is 169 Å². The van der Waals surface area contributed by atoms with Gasteiger partial charge in [0.05, 0.1) is 16.6 Å². The fourth-order valence-electron chi connectivity index (χ4n) is 9.65. The first kappa shape index (κ1) is 33.4. The predicted molar refractivity (Wildman–Crippen MR) is 239 cm³/mol. The third kappa shape index (κ3) is 5.04. The number of rotatable bonds is 5. The van der Waals surface area contributed by atoms with Crippen molar-refractivity contribution in [2.45, 2.75) is 11.6 Å². The summed E-state index contributed by atoms with van der Waals surface area (Å²) in [4.78, 5) is 20.8. The van der Waals surface area contributed by atoms with Gasteiger partial charge in [0, 0.05) is 27.6 Å². The number of benzene rings is 8. The van der Waals surface area contributed by atoms with Gasteiger partial charge in [-0.3, -0.25) is 0 Å². The average molecular weight is 754 g/mol. The Kier molecular flexibility index (Phi) is 7.44. The molecule has 0 bridgehead atoms. The Hall–Kier alpha value is -7.76. The molecule has 0 saturated carbocycles. The quantitative estimate of drug-likeness (QED) is 0.190. The molecule has 0 radical (unpaired) electrons. The highest BCUT2D eigenvalue weighted by molar-refractivity contribution is 6.13. The Labute approximate surface area is 342 Å². The van der Waals surface area contributed by atoms with E-state index in [0.717, 1.165) is 50.2 Å². The summed E-state index contributed by atoms with van der Waals surface area (Å²) in [6.07, 6.45) is -0.269. The molecule has 1 aromatic heterocycles. The molecule has 8 aromatic carbocycles. The van der Waals surface area contributed by atoms with Crippen molar-refractivity contribution in [3.05, 3.63) is 239 Å². The second-order valence-corrected chi connectivity index (χ2v) is 15.3. The lowest BCUT2D eigenvalue weighted by Crippen LogP contribution is -2.33. The molecule has 0 amide bonds. The molecule has 3 aliphatic rings. The van der Waals surface area contributed by atoms with Crippen LogP contribution in [-0.2, 0) is 5.41 Å². The lowest BCUT2D eigenvalue weighted by Gasteiger charge is -2.30. The first-order valence-electron chi connectivity index (χ1n) is 20.1. The zero-order valence-electron chi connectivity index (χ0n) is 31.9. The molecule has 1 N–H and O–H groups in total. The maximum absolute atomic E-state index is 5.47. The summed E-state index contributed by atoms with van der Waals surface area (Å²) in [5, 5.41) is 4.61. The van der Waals surface area contributed by atoms with Crippen LogP contribution in [0.15, 0.2) is 210 Å². The molecule has 276 valence electrons.